The third-order valence-corrected chi connectivity index (χ3v) is 4.32. The van der Waals surface area contributed by atoms with Crippen LogP contribution in [0.3, 0.4) is 0 Å². The zero-order valence-electron chi connectivity index (χ0n) is 13.0. The Morgan fingerprint density at radius 2 is 1.91 bits per heavy atom. The first-order valence-electron chi connectivity index (χ1n) is 7.30. The number of aromatic nitrogens is 2. The van der Waals surface area contributed by atoms with Gasteiger partial charge in [0.05, 0.1) is 6.21 Å². The number of halogens is 1. The minimum atomic E-state index is 0.732. The molecule has 0 aliphatic rings. The van der Waals surface area contributed by atoms with Gasteiger partial charge in [-0.05, 0) is 78.9 Å². The van der Waals surface area contributed by atoms with E-state index in [1.54, 1.807) is 6.20 Å². The quantitative estimate of drug-likeness (QED) is 0.386. The van der Waals surface area contributed by atoms with Crippen molar-refractivity contribution in [1.82, 2.24) is 9.55 Å². The van der Waals surface area contributed by atoms with Crippen LogP contribution >= 0.6 is 22.6 Å². The first-order valence-corrected chi connectivity index (χ1v) is 8.38. The van der Waals surface area contributed by atoms with Crippen LogP contribution in [-0.4, -0.2) is 15.8 Å². The summed E-state index contributed by atoms with van der Waals surface area (Å²) in [6.45, 7) is 4.21. The van der Waals surface area contributed by atoms with Crippen molar-refractivity contribution in [2.45, 2.75) is 13.8 Å². The molecule has 1 N–H and O–H groups in total. The molecule has 0 aliphatic carbocycles. The second kappa shape index (κ2) is 6.95. The van der Waals surface area contributed by atoms with Gasteiger partial charge in [-0.25, -0.2) is 4.98 Å². The smallest absolute Gasteiger partial charge is 0.146 e. The van der Waals surface area contributed by atoms with E-state index in [0.29, 0.717) is 0 Å². The van der Waals surface area contributed by atoms with Gasteiger partial charge in [0.1, 0.15) is 5.82 Å². The summed E-state index contributed by atoms with van der Waals surface area (Å²) in [4.78, 5) is 4.18. The number of nitrogens with zero attached hydrogens (tertiary/aromatic N) is 3. The zero-order valence-corrected chi connectivity index (χ0v) is 15.2. The standard InChI is InChI=1S/C18H17IN4/c1-13-11-15(12-21-22-18-5-3-4-10-20-18)14(2)23(13)17-8-6-16(19)7-9-17/h3-12H,1-2H3,(H,20,22). The van der Waals surface area contributed by atoms with Crippen LogP contribution in [0.25, 0.3) is 5.69 Å². The molecule has 0 saturated carbocycles. The summed E-state index contributed by atoms with van der Waals surface area (Å²) >= 11 is 2.32. The summed E-state index contributed by atoms with van der Waals surface area (Å²) in [6.07, 6.45) is 3.57. The minimum absolute atomic E-state index is 0.732. The molecule has 0 amide bonds. The van der Waals surface area contributed by atoms with Crippen molar-refractivity contribution in [2.24, 2.45) is 5.10 Å². The van der Waals surface area contributed by atoms with Gasteiger partial charge >= 0.3 is 0 Å². The highest BCUT2D eigenvalue weighted by Gasteiger charge is 2.09. The Bertz CT molecular complexity index is 820. The molecule has 2 aromatic heterocycles. The van der Waals surface area contributed by atoms with Crippen molar-refractivity contribution in [3.63, 3.8) is 0 Å². The molecule has 2 heterocycles. The molecule has 5 heteroatoms. The second-order valence-corrected chi connectivity index (χ2v) is 6.47. The Kier molecular flexibility index (Phi) is 4.76. The van der Waals surface area contributed by atoms with Crippen LogP contribution in [0, 0.1) is 17.4 Å². The van der Waals surface area contributed by atoms with E-state index in [1.165, 1.54) is 9.26 Å². The number of hydrazone groups is 1. The molecular weight excluding hydrogens is 399 g/mol. The fraction of sp³-hybridized carbons (Fsp3) is 0.111. The Labute approximate surface area is 149 Å². The SMILES string of the molecule is Cc1cc(C=NNc2ccccn2)c(C)n1-c1ccc(I)cc1. The number of aryl methyl sites for hydroxylation is 1. The molecule has 1 aromatic carbocycles. The summed E-state index contributed by atoms with van der Waals surface area (Å²) < 4.78 is 3.47. The molecule has 0 unspecified atom stereocenters. The van der Waals surface area contributed by atoms with E-state index in [1.807, 2.05) is 24.4 Å². The van der Waals surface area contributed by atoms with E-state index < -0.39 is 0 Å². The molecule has 0 bridgehead atoms. The average molecular weight is 416 g/mol. The van der Waals surface area contributed by atoms with Gasteiger partial charge < -0.3 is 4.57 Å². The Morgan fingerprint density at radius 3 is 2.61 bits per heavy atom. The number of hydrogen-bond acceptors (Lipinski definition) is 3. The highest BCUT2D eigenvalue weighted by Crippen LogP contribution is 2.20. The van der Waals surface area contributed by atoms with Gasteiger partial charge in [-0.3, -0.25) is 5.43 Å². The van der Waals surface area contributed by atoms with Crippen LogP contribution in [0.4, 0.5) is 5.82 Å². The van der Waals surface area contributed by atoms with Crippen LogP contribution in [0.5, 0.6) is 0 Å². The maximum atomic E-state index is 4.28. The van der Waals surface area contributed by atoms with Crippen LogP contribution in [0.15, 0.2) is 59.8 Å². The van der Waals surface area contributed by atoms with Crippen LogP contribution < -0.4 is 5.43 Å². The number of pyridine rings is 1. The van der Waals surface area contributed by atoms with E-state index >= 15 is 0 Å². The van der Waals surface area contributed by atoms with Gasteiger partial charge in [-0.1, -0.05) is 6.07 Å². The number of rotatable bonds is 4. The zero-order chi connectivity index (χ0) is 16.2. The molecule has 116 valence electrons. The van der Waals surface area contributed by atoms with Crippen LogP contribution in [0.2, 0.25) is 0 Å². The van der Waals surface area contributed by atoms with Crippen molar-refractivity contribution in [3.05, 3.63) is 75.2 Å². The predicted molar refractivity (Wildman–Crippen MR) is 103 cm³/mol. The van der Waals surface area contributed by atoms with E-state index in [2.05, 4.69) is 86.8 Å². The van der Waals surface area contributed by atoms with Gasteiger partial charge in [0.25, 0.3) is 0 Å². The Hall–Kier alpha value is -2.15. The molecule has 3 rings (SSSR count). The maximum Gasteiger partial charge on any atom is 0.146 e. The van der Waals surface area contributed by atoms with Crippen LogP contribution in [0.1, 0.15) is 17.0 Å². The summed E-state index contributed by atoms with van der Waals surface area (Å²) in [6, 6.07) is 16.3. The predicted octanol–water partition coefficient (Wildman–Crippen LogP) is 4.54. The first-order chi connectivity index (χ1) is 11.1. The maximum absolute atomic E-state index is 4.28. The minimum Gasteiger partial charge on any atom is -0.318 e. The first kappa shape index (κ1) is 15.7. The number of benzene rings is 1. The fourth-order valence-corrected chi connectivity index (χ4v) is 2.86. The highest BCUT2D eigenvalue weighted by molar-refractivity contribution is 14.1. The Morgan fingerprint density at radius 1 is 1.13 bits per heavy atom. The largest absolute Gasteiger partial charge is 0.318 e. The summed E-state index contributed by atoms with van der Waals surface area (Å²) in [5.41, 5.74) is 7.54. The van der Waals surface area contributed by atoms with E-state index in [4.69, 9.17) is 0 Å². The van der Waals surface area contributed by atoms with E-state index in [-0.39, 0.29) is 0 Å². The van der Waals surface area contributed by atoms with Gasteiger partial charge in [-0.2, -0.15) is 5.10 Å². The molecule has 4 nitrogen and oxygen atoms in total. The van der Waals surface area contributed by atoms with Crippen molar-refractivity contribution in [3.8, 4) is 5.69 Å². The normalized spacial score (nSPS) is 11.1. The van der Waals surface area contributed by atoms with Gasteiger partial charge in [-0.15, -0.1) is 0 Å². The van der Waals surface area contributed by atoms with Crippen molar-refractivity contribution < 1.29 is 0 Å². The third kappa shape index (κ3) is 3.61. The van der Waals surface area contributed by atoms with Gasteiger partial charge in [0, 0.05) is 32.4 Å². The lowest BCUT2D eigenvalue weighted by Crippen LogP contribution is -2.00. The molecule has 0 fully saturated rings. The molecule has 0 saturated heterocycles. The molecule has 3 aromatic rings. The lowest BCUT2D eigenvalue weighted by molar-refractivity contribution is 0.964. The van der Waals surface area contributed by atoms with Gasteiger partial charge in [0.2, 0.25) is 0 Å². The average Bonchev–Trinajstić information content (AvgIpc) is 2.84. The summed E-state index contributed by atoms with van der Waals surface area (Å²) in [5, 5.41) is 4.28. The molecular formula is C18H17IN4. The highest BCUT2D eigenvalue weighted by atomic mass is 127. The monoisotopic (exact) mass is 416 g/mol. The Balaban J connectivity index is 1.84. The molecule has 0 radical (unpaired) electrons. The number of nitrogens with one attached hydrogen (secondary N) is 1. The second-order valence-electron chi connectivity index (χ2n) is 5.22. The lowest BCUT2D eigenvalue weighted by atomic mass is 10.2. The van der Waals surface area contributed by atoms with Gasteiger partial charge in [0.15, 0.2) is 0 Å². The van der Waals surface area contributed by atoms with Crippen molar-refractivity contribution in [2.75, 3.05) is 5.43 Å². The van der Waals surface area contributed by atoms with Crippen molar-refractivity contribution >= 4 is 34.6 Å². The number of anilines is 1. The molecule has 0 spiro atoms. The van der Waals surface area contributed by atoms with E-state index in [9.17, 15) is 0 Å². The fourth-order valence-electron chi connectivity index (χ4n) is 2.50. The summed E-state index contributed by atoms with van der Waals surface area (Å²) in [7, 11) is 0. The lowest BCUT2D eigenvalue weighted by Gasteiger charge is -2.09. The molecule has 23 heavy (non-hydrogen) atoms. The summed E-state index contributed by atoms with van der Waals surface area (Å²) in [5.74, 6) is 0.732. The molecule has 0 atom stereocenters. The van der Waals surface area contributed by atoms with E-state index in [0.717, 1.165) is 22.8 Å². The number of hydrogen-bond donors (Lipinski definition) is 1. The van der Waals surface area contributed by atoms with Crippen LogP contribution in [-0.2, 0) is 0 Å². The third-order valence-electron chi connectivity index (χ3n) is 3.60. The van der Waals surface area contributed by atoms with Crippen molar-refractivity contribution in [1.29, 1.82) is 0 Å². The topological polar surface area (TPSA) is 42.2 Å². The molecule has 0 aliphatic heterocycles.